The number of halogens is 2. The Morgan fingerprint density at radius 3 is 2.57 bits per heavy atom. The van der Waals surface area contributed by atoms with Crippen molar-refractivity contribution in [3.05, 3.63) is 54.1 Å². The zero-order chi connectivity index (χ0) is 15.2. The van der Waals surface area contributed by atoms with Crippen LogP contribution in [0.3, 0.4) is 0 Å². The molecule has 0 amide bonds. The quantitative estimate of drug-likeness (QED) is 0.831. The molecule has 110 valence electrons. The number of ether oxygens (including phenoxy) is 1. The third kappa shape index (κ3) is 4.13. The van der Waals surface area contributed by atoms with Crippen LogP contribution in [-0.4, -0.2) is 11.7 Å². The van der Waals surface area contributed by atoms with Crippen molar-refractivity contribution in [3.63, 3.8) is 0 Å². The van der Waals surface area contributed by atoms with Crippen molar-refractivity contribution in [2.45, 2.75) is 6.92 Å². The van der Waals surface area contributed by atoms with Gasteiger partial charge in [0.1, 0.15) is 5.75 Å². The molecule has 6 heteroatoms. The van der Waals surface area contributed by atoms with Crippen LogP contribution in [0, 0.1) is 11.6 Å². The predicted molar refractivity (Wildman–Crippen MR) is 83.8 cm³/mol. The van der Waals surface area contributed by atoms with E-state index in [2.05, 4.69) is 10.6 Å². The molecule has 0 fully saturated rings. The van der Waals surface area contributed by atoms with Crippen LogP contribution in [0.2, 0.25) is 0 Å². The molecular formula is C15H14F2N2OS. The van der Waals surface area contributed by atoms with Gasteiger partial charge in [-0.2, -0.15) is 0 Å². The summed E-state index contributed by atoms with van der Waals surface area (Å²) in [6.07, 6.45) is 0. The predicted octanol–water partition coefficient (Wildman–Crippen LogP) is 4.17. The van der Waals surface area contributed by atoms with Crippen LogP contribution in [0.1, 0.15) is 6.92 Å². The van der Waals surface area contributed by atoms with Gasteiger partial charge in [0.15, 0.2) is 16.7 Å². The lowest BCUT2D eigenvalue weighted by Gasteiger charge is -2.14. The first-order chi connectivity index (χ1) is 10.1. The molecule has 21 heavy (non-hydrogen) atoms. The highest BCUT2D eigenvalue weighted by atomic mass is 32.1. The van der Waals surface area contributed by atoms with Crippen LogP contribution in [0.15, 0.2) is 42.5 Å². The number of nitrogens with one attached hydrogen (secondary N) is 2. The Morgan fingerprint density at radius 1 is 1.10 bits per heavy atom. The minimum atomic E-state index is -0.933. The van der Waals surface area contributed by atoms with Crippen LogP contribution < -0.4 is 15.4 Å². The van der Waals surface area contributed by atoms with E-state index in [1.54, 1.807) is 0 Å². The minimum Gasteiger partial charge on any atom is -0.492 e. The van der Waals surface area contributed by atoms with Gasteiger partial charge in [-0.25, -0.2) is 8.78 Å². The lowest BCUT2D eigenvalue weighted by molar-refractivity contribution is 0.342. The molecule has 2 rings (SSSR count). The number of hydrogen-bond donors (Lipinski definition) is 2. The van der Waals surface area contributed by atoms with Crippen molar-refractivity contribution in [2.24, 2.45) is 0 Å². The van der Waals surface area contributed by atoms with E-state index in [9.17, 15) is 8.78 Å². The van der Waals surface area contributed by atoms with Crippen molar-refractivity contribution in [2.75, 3.05) is 17.2 Å². The standard InChI is InChI=1S/C15H14F2N2OS/c1-2-20-14-6-4-3-5-13(14)19-15(21)18-10-7-8-11(16)12(17)9-10/h3-9H,2H2,1H3,(H2,18,19,21). The summed E-state index contributed by atoms with van der Waals surface area (Å²) >= 11 is 5.14. The van der Waals surface area contributed by atoms with Crippen LogP contribution in [0.5, 0.6) is 5.75 Å². The van der Waals surface area contributed by atoms with Gasteiger partial charge in [-0.1, -0.05) is 12.1 Å². The van der Waals surface area contributed by atoms with Gasteiger partial charge in [-0.15, -0.1) is 0 Å². The van der Waals surface area contributed by atoms with E-state index < -0.39 is 11.6 Å². The summed E-state index contributed by atoms with van der Waals surface area (Å²) < 4.78 is 31.4. The van der Waals surface area contributed by atoms with Crippen LogP contribution in [0.4, 0.5) is 20.2 Å². The SMILES string of the molecule is CCOc1ccccc1NC(=S)Nc1ccc(F)c(F)c1. The highest BCUT2D eigenvalue weighted by Crippen LogP contribution is 2.24. The topological polar surface area (TPSA) is 33.3 Å². The second-order valence-electron chi connectivity index (χ2n) is 4.14. The van der Waals surface area contributed by atoms with E-state index in [0.717, 1.165) is 12.1 Å². The lowest BCUT2D eigenvalue weighted by atomic mass is 10.3. The largest absolute Gasteiger partial charge is 0.492 e. The molecule has 0 aliphatic heterocycles. The summed E-state index contributed by atoms with van der Waals surface area (Å²) in [6, 6.07) is 10.8. The van der Waals surface area contributed by atoms with Crippen molar-refractivity contribution in [1.29, 1.82) is 0 Å². The molecule has 0 spiro atoms. The van der Waals surface area contributed by atoms with Crippen molar-refractivity contribution < 1.29 is 13.5 Å². The van der Waals surface area contributed by atoms with E-state index in [-0.39, 0.29) is 5.11 Å². The van der Waals surface area contributed by atoms with E-state index in [0.29, 0.717) is 23.7 Å². The Bertz CT molecular complexity index is 649. The molecule has 0 saturated carbocycles. The highest BCUT2D eigenvalue weighted by Gasteiger charge is 2.06. The fourth-order valence-corrected chi connectivity index (χ4v) is 1.94. The van der Waals surface area contributed by atoms with E-state index in [4.69, 9.17) is 17.0 Å². The first-order valence-electron chi connectivity index (χ1n) is 6.35. The third-order valence-electron chi connectivity index (χ3n) is 2.61. The maximum absolute atomic E-state index is 13.1. The molecule has 3 nitrogen and oxygen atoms in total. The lowest BCUT2D eigenvalue weighted by Crippen LogP contribution is -2.19. The summed E-state index contributed by atoms with van der Waals surface area (Å²) in [5, 5.41) is 6.00. The molecule has 0 radical (unpaired) electrons. The molecule has 0 saturated heterocycles. The maximum Gasteiger partial charge on any atom is 0.175 e. The van der Waals surface area contributed by atoms with Crippen LogP contribution >= 0.6 is 12.2 Å². The number of anilines is 2. The summed E-state index contributed by atoms with van der Waals surface area (Å²) in [5.74, 6) is -1.17. The van der Waals surface area contributed by atoms with Gasteiger partial charge in [-0.05, 0) is 43.4 Å². The Labute approximate surface area is 126 Å². The van der Waals surface area contributed by atoms with Crippen molar-refractivity contribution in [1.82, 2.24) is 0 Å². The molecule has 0 aliphatic rings. The van der Waals surface area contributed by atoms with E-state index in [1.807, 2.05) is 31.2 Å². The monoisotopic (exact) mass is 308 g/mol. The minimum absolute atomic E-state index is 0.258. The van der Waals surface area contributed by atoms with Gasteiger partial charge >= 0.3 is 0 Å². The first-order valence-corrected chi connectivity index (χ1v) is 6.76. The molecule has 2 aromatic rings. The Morgan fingerprint density at radius 2 is 1.86 bits per heavy atom. The number of hydrogen-bond acceptors (Lipinski definition) is 2. The molecule has 0 heterocycles. The average molecular weight is 308 g/mol. The smallest absolute Gasteiger partial charge is 0.175 e. The van der Waals surface area contributed by atoms with Crippen molar-refractivity contribution in [3.8, 4) is 5.75 Å². The average Bonchev–Trinajstić information content (AvgIpc) is 2.45. The second kappa shape index (κ2) is 6.99. The fraction of sp³-hybridized carbons (Fsp3) is 0.133. The van der Waals surface area contributed by atoms with Gasteiger partial charge in [0.2, 0.25) is 0 Å². The zero-order valence-electron chi connectivity index (χ0n) is 11.3. The van der Waals surface area contributed by atoms with Gasteiger partial charge in [-0.3, -0.25) is 0 Å². The van der Waals surface area contributed by atoms with Gasteiger partial charge in [0, 0.05) is 11.8 Å². The van der Waals surface area contributed by atoms with Crippen LogP contribution in [0.25, 0.3) is 0 Å². The molecule has 2 aromatic carbocycles. The first kappa shape index (κ1) is 15.2. The number of benzene rings is 2. The number of thiocarbonyl (C=S) groups is 1. The van der Waals surface area contributed by atoms with Crippen LogP contribution in [-0.2, 0) is 0 Å². The maximum atomic E-state index is 13.1. The zero-order valence-corrected chi connectivity index (χ0v) is 12.1. The normalized spacial score (nSPS) is 10.0. The number of rotatable bonds is 4. The molecule has 0 aliphatic carbocycles. The molecule has 0 bridgehead atoms. The van der Waals surface area contributed by atoms with E-state index >= 15 is 0 Å². The Kier molecular flexibility index (Phi) is 5.05. The Hall–Kier alpha value is -2.21. The highest BCUT2D eigenvalue weighted by molar-refractivity contribution is 7.80. The molecule has 0 atom stereocenters. The summed E-state index contributed by atoms with van der Waals surface area (Å²) in [6.45, 7) is 2.41. The number of para-hydroxylation sites is 2. The molecular weight excluding hydrogens is 294 g/mol. The third-order valence-corrected chi connectivity index (χ3v) is 2.82. The Balaban J connectivity index is 2.06. The van der Waals surface area contributed by atoms with Crippen molar-refractivity contribution >= 4 is 28.7 Å². The molecule has 0 unspecified atom stereocenters. The summed E-state index contributed by atoms with van der Waals surface area (Å²) in [5.41, 5.74) is 1.06. The van der Waals surface area contributed by atoms with Gasteiger partial charge in [0.05, 0.1) is 12.3 Å². The summed E-state index contributed by atoms with van der Waals surface area (Å²) in [4.78, 5) is 0. The molecule has 0 aromatic heterocycles. The fourth-order valence-electron chi connectivity index (χ4n) is 1.71. The molecule has 2 N–H and O–H groups in total. The van der Waals surface area contributed by atoms with Gasteiger partial charge in [0.25, 0.3) is 0 Å². The second-order valence-corrected chi connectivity index (χ2v) is 4.55. The summed E-state index contributed by atoms with van der Waals surface area (Å²) in [7, 11) is 0. The van der Waals surface area contributed by atoms with E-state index in [1.165, 1.54) is 6.07 Å². The van der Waals surface area contributed by atoms with Gasteiger partial charge < -0.3 is 15.4 Å².